The average molecular weight is 854 g/mol. The molecule has 0 unspecified atom stereocenters. The Morgan fingerprint density at radius 2 is 1.14 bits per heavy atom. The van der Waals surface area contributed by atoms with Gasteiger partial charge in [0.15, 0.2) is 5.82 Å². The molecule has 0 saturated carbocycles. The summed E-state index contributed by atoms with van der Waals surface area (Å²) in [5.41, 5.74) is 11.3. The fraction of sp³-hybridized carbons (Fsp3) is 0.173. The molecule has 1 aliphatic rings. The largest absolute Gasteiger partial charge is 0.366 e. The third kappa shape index (κ3) is 6.25. The second-order valence-corrected chi connectivity index (χ2v) is 18.8. The van der Waals surface area contributed by atoms with Crippen molar-refractivity contribution in [2.24, 2.45) is 0 Å². The highest BCUT2D eigenvalue weighted by Crippen LogP contribution is 2.46. The van der Waals surface area contributed by atoms with E-state index in [0.29, 0.717) is 24.0 Å². The maximum absolute atomic E-state index is 5.24. The molecule has 13 heteroatoms. The lowest BCUT2D eigenvalue weighted by atomic mass is 9.87. The summed E-state index contributed by atoms with van der Waals surface area (Å²) in [6.45, 7) is 14.0. The monoisotopic (exact) mass is 853 g/mol. The first kappa shape index (κ1) is 38.5. The molecule has 0 spiro atoms. The van der Waals surface area contributed by atoms with Crippen molar-refractivity contribution in [2.75, 3.05) is 27.5 Å². The van der Waals surface area contributed by atoms with Gasteiger partial charge in [-0.2, -0.15) is 9.97 Å². The second-order valence-electron chi connectivity index (χ2n) is 18.8. The van der Waals surface area contributed by atoms with Gasteiger partial charge in [0.25, 0.3) is 0 Å². The van der Waals surface area contributed by atoms with Crippen LogP contribution in [-0.2, 0) is 10.8 Å². The van der Waals surface area contributed by atoms with Gasteiger partial charge in [0.1, 0.15) is 30.1 Å². The number of hydrogen-bond donors (Lipinski definition) is 3. The zero-order valence-corrected chi connectivity index (χ0v) is 37.0. The Bertz CT molecular complexity index is 3610. The van der Waals surface area contributed by atoms with E-state index in [4.69, 9.17) is 24.9 Å². The maximum atomic E-state index is 5.24. The number of benzene rings is 4. The molecule has 6 aromatic heterocycles. The number of anilines is 7. The lowest BCUT2D eigenvalue weighted by Gasteiger charge is -2.23. The van der Waals surface area contributed by atoms with Gasteiger partial charge in [-0.25, -0.2) is 19.4 Å². The number of nitrogens with one attached hydrogen (secondary N) is 3. The Hall–Kier alpha value is -8.19. The van der Waals surface area contributed by atoms with Crippen molar-refractivity contribution in [3.63, 3.8) is 0 Å². The van der Waals surface area contributed by atoms with Crippen LogP contribution in [-0.4, -0.2) is 49.7 Å². The molecule has 0 atom stereocenters. The third-order valence-corrected chi connectivity index (χ3v) is 12.6. The molecule has 0 radical (unpaired) electrons. The van der Waals surface area contributed by atoms with E-state index < -0.39 is 0 Å². The van der Waals surface area contributed by atoms with Crippen LogP contribution >= 0.6 is 0 Å². The van der Waals surface area contributed by atoms with Crippen LogP contribution < -0.4 is 20.9 Å². The first-order chi connectivity index (χ1) is 31.5. The van der Waals surface area contributed by atoms with Crippen molar-refractivity contribution >= 4 is 79.1 Å². The summed E-state index contributed by atoms with van der Waals surface area (Å²) >= 11 is 0. The quantitative estimate of drug-likeness (QED) is 0.137. The number of hydrogen-bond acceptors (Lipinski definition) is 9. The van der Waals surface area contributed by atoms with E-state index >= 15 is 0 Å². The van der Waals surface area contributed by atoms with Crippen molar-refractivity contribution in [3.8, 4) is 17.2 Å². The lowest BCUT2D eigenvalue weighted by molar-refractivity contribution is 0.589. The Balaban J connectivity index is 0.955. The molecule has 0 bridgehead atoms. The van der Waals surface area contributed by atoms with E-state index in [1.165, 1.54) is 17.5 Å². The minimum absolute atomic E-state index is 0.0221. The zero-order valence-electron chi connectivity index (χ0n) is 37.0. The van der Waals surface area contributed by atoms with Gasteiger partial charge in [0, 0.05) is 34.5 Å². The average Bonchev–Trinajstić information content (AvgIpc) is 4.16. The molecule has 13 nitrogen and oxygen atoms in total. The van der Waals surface area contributed by atoms with Crippen LogP contribution in [0.15, 0.2) is 146 Å². The van der Waals surface area contributed by atoms with Gasteiger partial charge in [-0.05, 0) is 107 Å². The van der Waals surface area contributed by atoms with Crippen LogP contribution in [0, 0.1) is 0 Å². The molecule has 320 valence electrons. The van der Waals surface area contributed by atoms with Crippen LogP contribution in [0.5, 0.6) is 0 Å². The number of aromatic nitrogens is 9. The van der Waals surface area contributed by atoms with Gasteiger partial charge in [-0.15, -0.1) is 0 Å². The fourth-order valence-corrected chi connectivity index (χ4v) is 9.23. The number of rotatable bonds is 8. The van der Waals surface area contributed by atoms with Crippen LogP contribution in [0.25, 0.3) is 56.1 Å². The lowest BCUT2D eigenvalue weighted by Crippen LogP contribution is -2.20. The minimum atomic E-state index is 0.0221. The van der Waals surface area contributed by atoms with Crippen LogP contribution in [0.2, 0.25) is 0 Å². The molecule has 7 heterocycles. The molecule has 3 N–H and O–H groups in total. The normalized spacial score (nSPS) is 13.1. The zero-order chi connectivity index (χ0) is 44.2. The standard InChI is InChI=1S/C52H47N13/c1-51(2,3)32-13-7-15-34(27-32)61-25-11-21-42(61)57-40-19-9-17-38-45(40)63(30-55-38)47-36-23-24-37-44(36)65-49(59-47)53-29-54-50(65)60-48(37)64-31-56-39-18-10-20-41(46(39)64)58-43-22-12-26-62(43)35-16-8-14-33(28-35)52(4,5)6/h7-30,56-58H,31H2,1-6H3. The van der Waals surface area contributed by atoms with E-state index in [0.717, 1.165) is 78.9 Å². The van der Waals surface area contributed by atoms with E-state index in [1.54, 1.807) is 0 Å². The molecular formula is C52H47N13. The van der Waals surface area contributed by atoms with Crippen LogP contribution in [0.4, 0.5) is 40.2 Å². The SMILES string of the molecule is CC(C)(C)c1cccc(-n2cccc2Nc2cccc3c2N(c2nc4ncnc5nc(-n6cnc7cccc(Nc8cccn8-c8cccc(C(C)(C)C)c8)c76)c6ccc2c6n45)CN3)c1. The van der Waals surface area contributed by atoms with Crippen molar-refractivity contribution in [1.29, 1.82) is 0 Å². The third-order valence-electron chi connectivity index (χ3n) is 12.6. The molecular weight excluding hydrogens is 807 g/mol. The second kappa shape index (κ2) is 14.2. The van der Waals surface area contributed by atoms with Gasteiger partial charge in [0.05, 0.1) is 46.0 Å². The van der Waals surface area contributed by atoms with E-state index in [-0.39, 0.29) is 10.8 Å². The van der Waals surface area contributed by atoms with Gasteiger partial charge in [-0.3, -0.25) is 4.57 Å². The minimum Gasteiger partial charge on any atom is -0.366 e. The molecule has 0 fully saturated rings. The predicted octanol–water partition coefficient (Wildman–Crippen LogP) is 11.8. The predicted molar refractivity (Wildman–Crippen MR) is 262 cm³/mol. The molecule has 1 aliphatic heterocycles. The summed E-state index contributed by atoms with van der Waals surface area (Å²) in [4.78, 5) is 27.0. The maximum Gasteiger partial charge on any atom is 0.240 e. The number of nitrogens with zero attached hydrogens (tertiary/aromatic N) is 10. The van der Waals surface area contributed by atoms with Crippen molar-refractivity contribution < 1.29 is 0 Å². The number of para-hydroxylation sites is 2. The highest BCUT2D eigenvalue weighted by Gasteiger charge is 2.30. The van der Waals surface area contributed by atoms with Gasteiger partial charge in [0.2, 0.25) is 11.6 Å². The van der Waals surface area contributed by atoms with Crippen LogP contribution in [0.1, 0.15) is 52.7 Å². The molecule has 65 heavy (non-hydrogen) atoms. The molecule has 0 amide bonds. The number of imidazole rings is 1. The first-order valence-corrected chi connectivity index (χ1v) is 21.9. The van der Waals surface area contributed by atoms with E-state index in [1.807, 2.05) is 22.9 Å². The van der Waals surface area contributed by atoms with Crippen LogP contribution in [0.3, 0.4) is 0 Å². The van der Waals surface area contributed by atoms with Crippen molar-refractivity contribution in [3.05, 3.63) is 158 Å². The summed E-state index contributed by atoms with van der Waals surface area (Å²) in [6, 6.07) is 42.5. The fourth-order valence-electron chi connectivity index (χ4n) is 9.23. The van der Waals surface area contributed by atoms with Gasteiger partial charge < -0.3 is 30.0 Å². The topological polar surface area (TPSA) is 123 Å². The van der Waals surface area contributed by atoms with Gasteiger partial charge >= 0.3 is 0 Å². The van der Waals surface area contributed by atoms with E-state index in [9.17, 15) is 0 Å². The summed E-state index contributed by atoms with van der Waals surface area (Å²) in [5.74, 6) is 4.37. The Labute approximate surface area is 375 Å². The summed E-state index contributed by atoms with van der Waals surface area (Å²) in [5, 5.41) is 13.1. The highest BCUT2D eigenvalue weighted by molar-refractivity contribution is 6.10. The van der Waals surface area contributed by atoms with E-state index in [2.05, 4.69) is 198 Å². The Morgan fingerprint density at radius 3 is 1.80 bits per heavy atom. The Morgan fingerprint density at radius 1 is 0.554 bits per heavy atom. The van der Waals surface area contributed by atoms with Crippen molar-refractivity contribution in [2.45, 2.75) is 52.4 Å². The summed E-state index contributed by atoms with van der Waals surface area (Å²) < 4.78 is 8.41. The summed E-state index contributed by atoms with van der Waals surface area (Å²) in [6.07, 6.45) is 7.58. The van der Waals surface area contributed by atoms with Crippen molar-refractivity contribution in [1.82, 2.24) is 43.0 Å². The summed E-state index contributed by atoms with van der Waals surface area (Å²) in [7, 11) is 0. The molecule has 0 aliphatic carbocycles. The molecule has 0 saturated heterocycles. The number of fused-ring (bicyclic) bond motifs is 2. The van der Waals surface area contributed by atoms with Gasteiger partial charge in [-0.1, -0.05) is 77.9 Å². The molecule has 5 aromatic carbocycles. The Kier molecular flexibility index (Phi) is 8.38. The molecule has 11 aromatic rings. The smallest absolute Gasteiger partial charge is 0.240 e. The highest BCUT2D eigenvalue weighted by atomic mass is 15.3. The molecule has 12 rings (SSSR count). The first-order valence-electron chi connectivity index (χ1n) is 21.9.